The molecular weight excluding hydrogens is 228 g/mol. The number of benzene rings is 1. The SMILES string of the molecule is Nc1ccccc1CC(=O)N1CCCCC1CO. The van der Waals surface area contributed by atoms with Crippen LogP contribution in [0.5, 0.6) is 0 Å². The number of nitrogens with two attached hydrogens (primary N) is 1. The number of para-hydroxylation sites is 1. The third-order valence-corrected chi connectivity index (χ3v) is 3.56. The van der Waals surface area contributed by atoms with Gasteiger partial charge >= 0.3 is 0 Å². The van der Waals surface area contributed by atoms with Crippen molar-refractivity contribution >= 4 is 11.6 Å². The molecule has 98 valence electrons. The Balaban J connectivity index is 2.05. The van der Waals surface area contributed by atoms with Gasteiger partial charge in [-0.25, -0.2) is 0 Å². The summed E-state index contributed by atoms with van der Waals surface area (Å²) in [5.41, 5.74) is 7.37. The topological polar surface area (TPSA) is 66.6 Å². The Labute approximate surface area is 107 Å². The van der Waals surface area contributed by atoms with E-state index in [1.807, 2.05) is 24.3 Å². The highest BCUT2D eigenvalue weighted by Gasteiger charge is 2.26. The van der Waals surface area contributed by atoms with Gasteiger partial charge in [0.1, 0.15) is 0 Å². The summed E-state index contributed by atoms with van der Waals surface area (Å²) >= 11 is 0. The first kappa shape index (κ1) is 12.9. The summed E-state index contributed by atoms with van der Waals surface area (Å²) in [6.45, 7) is 0.798. The Kier molecular flexibility index (Phi) is 4.20. The van der Waals surface area contributed by atoms with Crippen LogP contribution >= 0.6 is 0 Å². The number of carbonyl (C=O) groups excluding carboxylic acids is 1. The van der Waals surface area contributed by atoms with Gasteiger partial charge in [0.15, 0.2) is 0 Å². The number of amides is 1. The molecule has 1 heterocycles. The molecule has 0 bridgehead atoms. The molecule has 2 rings (SSSR count). The molecule has 1 amide bonds. The normalized spacial score (nSPS) is 19.8. The average molecular weight is 248 g/mol. The zero-order valence-corrected chi connectivity index (χ0v) is 10.5. The predicted octanol–water partition coefficient (Wildman–Crippen LogP) is 1.18. The van der Waals surface area contributed by atoms with E-state index in [4.69, 9.17) is 5.73 Å². The number of aliphatic hydroxyl groups is 1. The van der Waals surface area contributed by atoms with Gasteiger partial charge in [-0.1, -0.05) is 18.2 Å². The minimum absolute atomic E-state index is 0.0174. The molecular formula is C14H20N2O2. The molecule has 0 radical (unpaired) electrons. The third-order valence-electron chi connectivity index (χ3n) is 3.56. The fourth-order valence-electron chi connectivity index (χ4n) is 2.48. The molecule has 0 saturated carbocycles. The van der Waals surface area contributed by atoms with Gasteiger partial charge in [-0.2, -0.15) is 0 Å². The van der Waals surface area contributed by atoms with Gasteiger partial charge in [0.05, 0.1) is 19.1 Å². The molecule has 1 aliphatic rings. The van der Waals surface area contributed by atoms with Crippen molar-refractivity contribution in [2.45, 2.75) is 31.7 Å². The number of nitrogens with zero attached hydrogens (tertiary/aromatic N) is 1. The lowest BCUT2D eigenvalue weighted by Crippen LogP contribution is -2.46. The largest absolute Gasteiger partial charge is 0.398 e. The molecule has 1 unspecified atom stereocenters. The van der Waals surface area contributed by atoms with Crippen LogP contribution < -0.4 is 5.73 Å². The van der Waals surface area contributed by atoms with Crippen LogP contribution in [0.1, 0.15) is 24.8 Å². The number of anilines is 1. The maximum absolute atomic E-state index is 12.2. The second-order valence-corrected chi connectivity index (χ2v) is 4.79. The van der Waals surface area contributed by atoms with E-state index in [0.29, 0.717) is 12.1 Å². The number of rotatable bonds is 3. The van der Waals surface area contributed by atoms with Crippen molar-refractivity contribution in [3.8, 4) is 0 Å². The molecule has 0 aromatic heterocycles. The second-order valence-electron chi connectivity index (χ2n) is 4.79. The number of piperidine rings is 1. The van der Waals surface area contributed by atoms with Crippen LogP contribution in [0.3, 0.4) is 0 Å². The van der Waals surface area contributed by atoms with E-state index < -0.39 is 0 Å². The Morgan fingerprint density at radius 2 is 2.17 bits per heavy atom. The number of carbonyl (C=O) groups is 1. The van der Waals surface area contributed by atoms with Crippen molar-refractivity contribution in [2.24, 2.45) is 0 Å². The highest BCUT2D eigenvalue weighted by atomic mass is 16.3. The van der Waals surface area contributed by atoms with Gasteiger partial charge in [-0.05, 0) is 30.9 Å². The van der Waals surface area contributed by atoms with Crippen molar-refractivity contribution < 1.29 is 9.90 Å². The third kappa shape index (κ3) is 2.82. The van der Waals surface area contributed by atoms with Gasteiger partial charge < -0.3 is 15.7 Å². The molecule has 1 aliphatic heterocycles. The fourth-order valence-corrected chi connectivity index (χ4v) is 2.48. The molecule has 1 aromatic carbocycles. The van der Waals surface area contributed by atoms with Gasteiger partial charge in [0.25, 0.3) is 0 Å². The minimum atomic E-state index is -0.0174. The summed E-state index contributed by atoms with van der Waals surface area (Å²) in [6, 6.07) is 7.42. The van der Waals surface area contributed by atoms with E-state index in [1.54, 1.807) is 4.90 Å². The molecule has 1 fully saturated rings. The van der Waals surface area contributed by atoms with Gasteiger partial charge in [-0.3, -0.25) is 4.79 Å². The molecule has 0 spiro atoms. The lowest BCUT2D eigenvalue weighted by Gasteiger charge is -2.34. The highest BCUT2D eigenvalue weighted by Crippen LogP contribution is 2.19. The summed E-state index contributed by atoms with van der Waals surface area (Å²) in [5, 5.41) is 9.31. The number of likely N-dealkylation sites (tertiary alicyclic amines) is 1. The van der Waals surface area contributed by atoms with E-state index in [9.17, 15) is 9.90 Å². The number of hydrogen-bond acceptors (Lipinski definition) is 3. The first-order valence-electron chi connectivity index (χ1n) is 6.46. The molecule has 1 aromatic rings. The van der Waals surface area contributed by atoms with Crippen molar-refractivity contribution in [1.82, 2.24) is 4.90 Å². The van der Waals surface area contributed by atoms with Gasteiger partial charge in [-0.15, -0.1) is 0 Å². The van der Waals surface area contributed by atoms with Crippen LogP contribution in [0, 0.1) is 0 Å². The van der Waals surface area contributed by atoms with E-state index in [1.165, 1.54) is 0 Å². The van der Waals surface area contributed by atoms with Crippen LogP contribution in [-0.4, -0.2) is 35.1 Å². The van der Waals surface area contributed by atoms with E-state index >= 15 is 0 Å². The van der Waals surface area contributed by atoms with E-state index in [2.05, 4.69) is 0 Å². The lowest BCUT2D eigenvalue weighted by atomic mass is 10.0. The molecule has 3 N–H and O–H groups in total. The molecule has 0 aliphatic carbocycles. The second kappa shape index (κ2) is 5.87. The maximum Gasteiger partial charge on any atom is 0.227 e. The molecule has 1 saturated heterocycles. The summed E-state index contributed by atoms with van der Waals surface area (Å²) in [7, 11) is 0. The van der Waals surface area contributed by atoms with Crippen LogP contribution in [0.25, 0.3) is 0 Å². The van der Waals surface area contributed by atoms with E-state index in [-0.39, 0.29) is 18.6 Å². The van der Waals surface area contributed by atoms with Crippen molar-refractivity contribution in [3.05, 3.63) is 29.8 Å². The smallest absolute Gasteiger partial charge is 0.227 e. The van der Waals surface area contributed by atoms with Crippen LogP contribution in [0.2, 0.25) is 0 Å². The number of hydrogen-bond donors (Lipinski definition) is 2. The fraction of sp³-hybridized carbons (Fsp3) is 0.500. The Morgan fingerprint density at radius 1 is 1.39 bits per heavy atom. The summed E-state index contributed by atoms with van der Waals surface area (Å²) < 4.78 is 0. The summed E-state index contributed by atoms with van der Waals surface area (Å²) in [5.74, 6) is 0.0617. The zero-order valence-electron chi connectivity index (χ0n) is 10.5. The van der Waals surface area contributed by atoms with Crippen LogP contribution in [0.15, 0.2) is 24.3 Å². The average Bonchev–Trinajstić information content (AvgIpc) is 2.41. The van der Waals surface area contributed by atoms with Crippen molar-refractivity contribution in [3.63, 3.8) is 0 Å². The Morgan fingerprint density at radius 3 is 2.89 bits per heavy atom. The first-order valence-corrected chi connectivity index (χ1v) is 6.46. The summed E-state index contributed by atoms with van der Waals surface area (Å²) in [6.07, 6.45) is 3.32. The predicted molar refractivity (Wildman–Crippen MR) is 71.0 cm³/mol. The van der Waals surface area contributed by atoms with Crippen molar-refractivity contribution in [1.29, 1.82) is 0 Å². The maximum atomic E-state index is 12.2. The van der Waals surface area contributed by atoms with Gasteiger partial charge in [0, 0.05) is 12.2 Å². The summed E-state index contributed by atoms with van der Waals surface area (Å²) in [4.78, 5) is 14.0. The monoisotopic (exact) mass is 248 g/mol. The van der Waals surface area contributed by atoms with Crippen LogP contribution in [0.4, 0.5) is 5.69 Å². The minimum Gasteiger partial charge on any atom is -0.398 e. The lowest BCUT2D eigenvalue weighted by molar-refractivity contribution is -0.135. The van der Waals surface area contributed by atoms with Crippen LogP contribution in [-0.2, 0) is 11.2 Å². The first-order chi connectivity index (χ1) is 8.72. The van der Waals surface area contributed by atoms with Crippen molar-refractivity contribution in [2.75, 3.05) is 18.9 Å². The molecule has 18 heavy (non-hydrogen) atoms. The molecule has 4 nitrogen and oxygen atoms in total. The number of nitrogen functional groups attached to an aromatic ring is 1. The number of aliphatic hydroxyl groups excluding tert-OH is 1. The van der Waals surface area contributed by atoms with Gasteiger partial charge in [0.2, 0.25) is 5.91 Å². The standard InChI is InChI=1S/C14H20N2O2/c15-13-7-2-1-5-11(13)9-14(18)16-8-4-3-6-12(16)10-17/h1-2,5,7,12,17H,3-4,6,8-10,15H2. The zero-order chi connectivity index (χ0) is 13.0. The molecule has 1 atom stereocenters. The Bertz CT molecular complexity index is 420. The van der Waals surface area contributed by atoms with E-state index in [0.717, 1.165) is 31.4 Å². The quantitative estimate of drug-likeness (QED) is 0.789. The molecule has 4 heteroatoms. The highest BCUT2D eigenvalue weighted by molar-refractivity contribution is 5.80. The Hall–Kier alpha value is -1.55.